The average Bonchev–Trinajstić information content (AvgIpc) is 2.55. The highest BCUT2D eigenvalue weighted by atomic mass is 16.5. The highest BCUT2D eigenvalue weighted by molar-refractivity contribution is 5.94. The van der Waals surface area contributed by atoms with Gasteiger partial charge in [-0.15, -0.1) is 0 Å². The predicted octanol–water partition coefficient (Wildman–Crippen LogP) is 2.68. The number of nitrogens with one attached hydrogen (secondary N) is 1. The van der Waals surface area contributed by atoms with Gasteiger partial charge in [-0.05, 0) is 31.4 Å². The zero-order valence-corrected chi connectivity index (χ0v) is 13.8. The summed E-state index contributed by atoms with van der Waals surface area (Å²) in [5.74, 6) is 0.760. The van der Waals surface area contributed by atoms with E-state index in [9.17, 15) is 9.90 Å². The van der Waals surface area contributed by atoms with E-state index in [1.165, 1.54) is 19.3 Å². The standard InChI is InChI=1S/C18H28N2O3/c1-2-23-15-10-6-9-14(12-15)20-18(22)17(21)16(19)11-13-7-4-3-5-8-13/h6,9-10,12-13,16-17,21H,2-5,7-8,11,19H2,1H3,(H,20,22)/t16-,17?/m1/s1. The molecule has 1 aliphatic rings. The number of aliphatic hydroxyl groups is 1. The van der Waals surface area contributed by atoms with E-state index in [-0.39, 0.29) is 0 Å². The number of carbonyl (C=O) groups excluding carboxylic acids is 1. The lowest BCUT2D eigenvalue weighted by atomic mass is 9.84. The van der Waals surface area contributed by atoms with Gasteiger partial charge in [0.1, 0.15) is 11.9 Å². The highest BCUT2D eigenvalue weighted by Crippen LogP contribution is 2.27. The minimum atomic E-state index is -1.19. The van der Waals surface area contributed by atoms with E-state index in [1.807, 2.05) is 13.0 Å². The monoisotopic (exact) mass is 320 g/mol. The maximum atomic E-state index is 12.2. The van der Waals surface area contributed by atoms with Crippen LogP contribution in [0.2, 0.25) is 0 Å². The molecule has 1 amide bonds. The van der Waals surface area contributed by atoms with Gasteiger partial charge in [0.2, 0.25) is 0 Å². The van der Waals surface area contributed by atoms with Crippen molar-refractivity contribution in [3.63, 3.8) is 0 Å². The van der Waals surface area contributed by atoms with Gasteiger partial charge < -0.3 is 20.9 Å². The number of amides is 1. The van der Waals surface area contributed by atoms with Gasteiger partial charge in [-0.1, -0.05) is 38.2 Å². The van der Waals surface area contributed by atoms with Crippen LogP contribution in [0, 0.1) is 5.92 Å². The van der Waals surface area contributed by atoms with Crippen LogP contribution in [0.25, 0.3) is 0 Å². The van der Waals surface area contributed by atoms with E-state index in [4.69, 9.17) is 10.5 Å². The molecule has 0 spiro atoms. The number of rotatable bonds is 7. The average molecular weight is 320 g/mol. The Morgan fingerprint density at radius 2 is 2.13 bits per heavy atom. The van der Waals surface area contributed by atoms with Crippen LogP contribution in [0.3, 0.4) is 0 Å². The summed E-state index contributed by atoms with van der Waals surface area (Å²) in [7, 11) is 0. The van der Waals surface area contributed by atoms with Crippen LogP contribution < -0.4 is 15.8 Å². The first-order valence-electron chi connectivity index (χ1n) is 8.57. The van der Waals surface area contributed by atoms with Crippen LogP contribution in [-0.4, -0.2) is 29.8 Å². The summed E-state index contributed by atoms with van der Waals surface area (Å²) < 4.78 is 5.40. The molecule has 4 N–H and O–H groups in total. The second kappa shape index (κ2) is 8.89. The third-order valence-electron chi connectivity index (χ3n) is 4.42. The van der Waals surface area contributed by atoms with Gasteiger partial charge in [0.25, 0.3) is 5.91 Å². The Hall–Kier alpha value is -1.59. The molecule has 5 heteroatoms. The topological polar surface area (TPSA) is 84.6 Å². The van der Waals surface area contributed by atoms with Crippen LogP contribution >= 0.6 is 0 Å². The number of hydrogen-bond acceptors (Lipinski definition) is 4. The number of aliphatic hydroxyl groups excluding tert-OH is 1. The fourth-order valence-corrected chi connectivity index (χ4v) is 3.18. The Labute approximate surface area is 138 Å². The van der Waals surface area contributed by atoms with Gasteiger partial charge in [0.05, 0.1) is 6.61 Å². The maximum Gasteiger partial charge on any atom is 0.254 e. The molecule has 1 aromatic rings. The lowest BCUT2D eigenvalue weighted by Crippen LogP contribution is -2.44. The van der Waals surface area contributed by atoms with Crippen molar-refractivity contribution in [3.8, 4) is 5.75 Å². The Kier molecular flexibility index (Phi) is 6.86. The van der Waals surface area contributed by atoms with Crippen LogP contribution in [0.15, 0.2) is 24.3 Å². The molecule has 0 radical (unpaired) electrons. The zero-order chi connectivity index (χ0) is 16.7. The summed E-state index contributed by atoms with van der Waals surface area (Å²) in [6.07, 6.45) is 5.55. The minimum absolute atomic E-state index is 0.457. The second-order valence-corrected chi connectivity index (χ2v) is 6.30. The normalized spacial score (nSPS) is 18.2. The Bertz CT molecular complexity index is 501. The van der Waals surface area contributed by atoms with Crippen molar-refractivity contribution in [2.75, 3.05) is 11.9 Å². The van der Waals surface area contributed by atoms with Crippen molar-refractivity contribution >= 4 is 11.6 Å². The highest BCUT2D eigenvalue weighted by Gasteiger charge is 2.26. The van der Waals surface area contributed by atoms with Gasteiger partial charge in [-0.2, -0.15) is 0 Å². The van der Waals surface area contributed by atoms with Crippen LogP contribution in [0.4, 0.5) is 5.69 Å². The first kappa shape index (κ1) is 17.8. The molecule has 128 valence electrons. The molecule has 2 atom stereocenters. The fourth-order valence-electron chi connectivity index (χ4n) is 3.18. The largest absolute Gasteiger partial charge is 0.494 e. The van der Waals surface area contributed by atoms with Gasteiger partial charge in [0, 0.05) is 17.8 Å². The van der Waals surface area contributed by atoms with Crippen molar-refractivity contribution < 1.29 is 14.6 Å². The summed E-state index contributed by atoms with van der Waals surface area (Å²) in [6, 6.07) is 6.60. The zero-order valence-electron chi connectivity index (χ0n) is 13.8. The third kappa shape index (κ3) is 5.52. The van der Waals surface area contributed by atoms with Gasteiger partial charge in [-0.25, -0.2) is 0 Å². The Morgan fingerprint density at radius 3 is 2.83 bits per heavy atom. The van der Waals surface area contributed by atoms with Crippen LogP contribution in [-0.2, 0) is 4.79 Å². The number of nitrogens with two attached hydrogens (primary N) is 1. The van der Waals surface area contributed by atoms with Crippen molar-refractivity contribution in [1.82, 2.24) is 0 Å². The minimum Gasteiger partial charge on any atom is -0.494 e. The van der Waals surface area contributed by atoms with Gasteiger partial charge in [-0.3, -0.25) is 4.79 Å². The predicted molar refractivity (Wildman–Crippen MR) is 91.4 cm³/mol. The van der Waals surface area contributed by atoms with Crippen LogP contribution in [0.5, 0.6) is 5.75 Å². The first-order chi connectivity index (χ1) is 11.1. The third-order valence-corrected chi connectivity index (χ3v) is 4.42. The molecule has 0 saturated heterocycles. The van der Waals surface area contributed by atoms with E-state index < -0.39 is 18.1 Å². The van der Waals surface area contributed by atoms with Crippen molar-refractivity contribution in [2.24, 2.45) is 11.7 Å². The smallest absolute Gasteiger partial charge is 0.254 e. The summed E-state index contributed by atoms with van der Waals surface area (Å²) in [6.45, 7) is 2.46. The van der Waals surface area contributed by atoms with Crippen molar-refractivity contribution in [3.05, 3.63) is 24.3 Å². The van der Waals surface area contributed by atoms with Crippen LogP contribution in [0.1, 0.15) is 45.4 Å². The molecule has 1 aliphatic carbocycles. The Balaban J connectivity index is 1.87. The van der Waals surface area contributed by atoms with E-state index >= 15 is 0 Å². The Morgan fingerprint density at radius 1 is 1.39 bits per heavy atom. The summed E-state index contributed by atoms with van der Waals surface area (Å²) in [5.41, 5.74) is 6.65. The van der Waals surface area contributed by atoms with Crippen molar-refractivity contribution in [2.45, 2.75) is 57.6 Å². The van der Waals surface area contributed by atoms with Gasteiger partial charge >= 0.3 is 0 Å². The maximum absolute atomic E-state index is 12.2. The summed E-state index contributed by atoms with van der Waals surface area (Å²) in [4.78, 5) is 12.2. The van der Waals surface area contributed by atoms with E-state index in [0.717, 1.165) is 12.8 Å². The fraction of sp³-hybridized carbons (Fsp3) is 0.611. The quantitative estimate of drug-likeness (QED) is 0.721. The number of hydrogen-bond donors (Lipinski definition) is 3. The number of anilines is 1. The lowest BCUT2D eigenvalue weighted by molar-refractivity contribution is -0.125. The molecule has 0 bridgehead atoms. The molecule has 5 nitrogen and oxygen atoms in total. The number of ether oxygens (including phenoxy) is 1. The SMILES string of the molecule is CCOc1cccc(NC(=O)C(O)[C@H](N)CC2CCCCC2)c1. The molecule has 1 unspecified atom stereocenters. The van der Waals surface area contributed by atoms with E-state index in [1.54, 1.807) is 18.2 Å². The molecule has 0 heterocycles. The molecule has 23 heavy (non-hydrogen) atoms. The molecule has 1 saturated carbocycles. The van der Waals surface area contributed by atoms with E-state index in [2.05, 4.69) is 5.32 Å². The number of carbonyl (C=O) groups is 1. The number of benzene rings is 1. The summed E-state index contributed by atoms with van der Waals surface area (Å²) >= 11 is 0. The molecule has 0 aliphatic heterocycles. The molecule has 1 aromatic carbocycles. The molecular weight excluding hydrogens is 292 g/mol. The van der Waals surface area contributed by atoms with E-state index in [0.29, 0.717) is 30.4 Å². The summed E-state index contributed by atoms with van der Waals surface area (Å²) in [5, 5.41) is 12.9. The molecular formula is C18H28N2O3. The first-order valence-corrected chi connectivity index (χ1v) is 8.57. The molecule has 2 rings (SSSR count). The molecule has 0 aromatic heterocycles. The van der Waals surface area contributed by atoms with Gasteiger partial charge in [0.15, 0.2) is 0 Å². The van der Waals surface area contributed by atoms with Crippen molar-refractivity contribution in [1.29, 1.82) is 0 Å². The second-order valence-electron chi connectivity index (χ2n) is 6.30. The lowest BCUT2D eigenvalue weighted by Gasteiger charge is -2.26. The molecule has 1 fully saturated rings.